The minimum absolute atomic E-state index is 0. The molecule has 0 saturated carbocycles. The molecule has 35 heavy (non-hydrogen) atoms. The lowest BCUT2D eigenvalue weighted by Gasteiger charge is -2.40. The maximum absolute atomic E-state index is 13.9. The monoisotopic (exact) mass is 530 g/mol. The van der Waals surface area contributed by atoms with Gasteiger partial charge in [-0.3, -0.25) is 9.59 Å². The van der Waals surface area contributed by atoms with E-state index in [1.165, 1.54) is 28.8 Å². The molecule has 1 fully saturated rings. The highest BCUT2D eigenvalue weighted by atomic mass is 35.5. The normalized spacial score (nSPS) is 18.6. The van der Waals surface area contributed by atoms with E-state index >= 15 is 0 Å². The fraction of sp³-hybridized carbons (Fsp3) is 0.550. The molecule has 0 aromatic heterocycles. The van der Waals surface area contributed by atoms with Gasteiger partial charge in [0.1, 0.15) is 24.4 Å². The number of amides is 2. The highest BCUT2D eigenvalue weighted by Crippen LogP contribution is 2.30. The minimum Gasteiger partial charge on any atom is -0.349 e. The number of amidine groups is 1. The van der Waals surface area contributed by atoms with Gasteiger partial charge in [-0.1, -0.05) is 0 Å². The van der Waals surface area contributed by atoms with Crippen LogP contribution in [0.2, 0.25) is 0 Å². The smallest absolute Gasteiger partial charge is 0.349 e. The van der Waals surface area contributed by atoms with Gasteiger partial charge in [0.2, 0.25) is 11.8 Å². The predicted molar refractivity (Wildman–Crippen MR) is 116 cm³/mol. The van der Waals surface area contributed by atoms with Crippen molar-refractivity contribution in [2.24, 2.45) is 10.8 Å². The Balaban J connectivity index is 0.00000432. The number of hydrogen-bond donors (Lipinski definition) is 1. The third kappa shape index (κ3) is 6.48. The Labute approximate surface area is 203 Å². The van der Waals surface area contributed by atoms with Crippen LogP contribution in [-0.4, -0.2) is 89.6 Å². The van der Waals surface area contributed by atoms with Crippen molar-refractivity contribution in [3.8, 4) is 0 Å². The van der Waals surface area contributed by atoms with Crippen LogP contribution in [-0.2, 0) is 16.0 Å². The number of rotatable bonds is 6. The van der Waals surface area contributed by atoms with Crippen molar-refractivity contribution in [2.75, 3.05) is 33.9 Å². The largest absolute Gasteiger partial charge is 0.502 e. The number of alkyl halides is 3. The van der Waals surface area contributed by atoms with Gasteiger partial charge in [-0.25, -0.2) is 13.2 Å². The van der Waals surface area contributed by atoms with E-state index in [2.05, 4.69) is 5.10 Å². The summed E-state index contributed by atoms with van der Waals surface area (Å²) in [6, 6.07) is -1.01. The zero-order valence-corrected chi connectivity index (χ0v) is 19.7. The van der Waals surface area contributed by atoms with E-state index in [0.717, 1.165) is 0 Å². The number of benzene rings is 1. The number of hydrogen-bond acceptors (Lipinski definition) is 6. The zero-order chi connectivity index (χ0) is 25.4. The quantitative estimate of drug-likeness (QED) is 0.345. The molecule has 2 heterocycles. The summed E-state index contributed by atoms with van der Waals surface area (Å²) in [5, 5.41) is 3.54. The molecular formula is C20H25ClF6N6O2. The zero-order valence-electron chi connectivity index (χ0n) is 18.9. The molecular weight excluding hydrogens is 506 g/mol. The van der Waals surface area contributed by atoms with Gasteiger partial charge >= 0.3 is 6.30 Å². The molecule has 2 atom stereocenters. The van der Waals surface area contributed by atoms with Crippen LogP contribution >= 0.6 is 12.4 Å². The van der Waals surface area contributed by atoms with Gasteiger partial charge in [0, 0.05) is 45.7 Å². The van der Waals surface area contributed by atoms with Gasteiger partial charge in [-0.05, 0) is 18.1 Å². The molecule has 0 radical (unpaired) electrons. The van der Waals surface area contributed by atoms with Gasteiger partial charge in [0.25, 0.3) is 0 Å². The molecule has 0 spiro atoms. The van der Waals surface area contributed by atoms with Crippen molar-refractivity contribution in [1.29, 1.82) is 0 Å². The molecule has 1 aromatic carbocycles. The first-order valence-electron chi connectivity index (χ1n) is 10.3. The van der Waals surface area contributed by atoms with E-state index in [-0.39, 0.29) is 61.2 Å². The van der Waals surface area contributed by atoms with Crippen molar-refractivity contribution in [1.82, 2.24) is 19.7 Å². The second-order valence-electron chi connectivity index (χ2n) is 8.35. The third-order valence-electron chi connectivity index (χ3n) is 5.62. The summed E-state index contributed by atoms with van der Waals surface area (Å²) < 4.78 is 80.0. The number of nitrogens with two attached hydrogens (primary N) is 1. The van der Waals surface area contributed by atoms with Crippen LogP contribution in [0.1, 0.15) is 18.4 Å². The van der Waals surface area contributed by atoms with Gasteiger partial charge in [0.05, 0.1) is 6.42 Å². The van der Waals surface area contributed by atoms with Crippen molar-refractivity contribution >= 4 is 30.1 Å². The molecule has 15 heteroatoms. The Kier molecular flexibility index (Phi) is 8.87. The van der Waals surface area contributed by atoms with Crippen LogP contribution in [0.15, 0.2) is 17.2 Å². The first-order chi connectivity index (χ1) is 15.8. The maximum Gasteiger partial charge on any atom is 0.502 e. The van der Waals surface area contributed by atoms with Crippen LogP contribution in [0.4, 0.5) is 26.3 Å². The molecule has 1 saturated heterocycles. The average Bonchev–Trinajstić information content (AvgIpc) is 3.17. The van der Waals surface area contributed by atoms with E-state index in [0.29, 0.717) is 12.1 Å². The second-order valence-corrected chi connectivity index (χ2v) is 8.35. The molecule has 2 amide bonds. The van der Waals surface area contributed by atoms with Crippen molar-refractivity contribution < 1.29 is 35.9 Å². The van der Waals surface area contributed by atoms with E-state index in [9.17, 15) is 35.9 Å². The first kappa shape index (κ1) is 28.5. The first-order valence-corrected chi connectivity index (χ1v) is 10.3. The minimum atomic E-state index is -4.73. The lowest BCUT2D eigenvalue weighted by Crippen LogP contribution is -2.59. The summed E-state index contributed by atoms with van der Waals surface area (Å²) >= 11 is 0. The number of hydrazone groups is 1. The highest BCUT2D eigenvalue weighted by molar-refractivity contribution is 5.96. The molecule has 0 bridgehead atoms. The van der Waals surface area contributed by atoms with Gasteiger partial charge in [-0.15, -0.1) is 25.6 Å². The number of carbonyl (C=O) groups is 2. The number of carbonyl (C=O) groups excluding carboxylic acids is 2. The third-order valence-corrected chi connectivity index (χ3v) is 5.62. The Bertz CT molecular complexity index is 992. The number of piperazine rings is 1. The number of fused-ring (bicyclic) bond motifs is 1. The predicted octanol–water partition coefficient (Wildman–Crippen LogP) is 1.88. The molecule has 0 aliphatic carbocycles. The Morgan fingerprint density at radius 2 is 1.77 bits per heavy atom. The topological polar surface area (TPSA) is 85.5 Å². The lowest BCUT2D eigenvalue weighted by molar-refractivity contribution is -0.247. The lowest BCUT2D eigenvalue weighted by atomic mass is 10.0. The molecule has 196 valence electrons. The molecule has 1 unspecified atom stereocenters. The summed E-state index contributed by atoms with van der Waals surface area (Å²) in [4.78, 5) is 29.2. The van der Waals surface area contributed by atoms with Gasteiger partial charge in [0.15, 0.2) is 11.6 Å². The Hall–Kier alpha value is -2.74. The van der Waals surface area contributed by atoms with Crippen molar-refractivity contribution in [3.05, 3.63) is 35.1 Å². The molecule has 2 aliphatic heterocycles. The standard InChI is InChI=1S/C20H24F6N6O2.ClH/c1-29(2)17(33)9-16-19-28-32(20(24,25)26)10-30(19)3-4-31(16)18(34)7-12(27)5-11-6-14(22)15(23)8-13(11)21;/h6,8,12,16H,3-5,7,9-10,27H2,1-2H3;1H/t12-,16?;/m1./s1. The fourth-order valence-corrected chi connectivity index (χ4v) is 3.84. The van der Waals surface area contributed by atoms with Crippen molar-refractivity contribution in [3.63, 3.8) is 0 Å². The highest BCUT2D eigenvalue weighted by Gasteiger charge is 2.47. The molecule has 8 nitrogen and oxygen atoms in total. The second kappa shape index (κ2) is 10.9. The van der Waals surface area contributed by atoms with E-state index in [1.54, 1.807) is 0 Å². The van der Waals surface area contributed by atoms with Gasteiger partial charge < -0.3 is 20.4 Å². The molecule has 2 N–H and O–H groups in total. The summed E-state index contributed by atoms with van der Waals surface area (Å²) in [5.41, 5.74) is 5.73. The van der Waals surface area contributed by atoms with Crippen LogP contribution < -0.4 is 5.73 Å². The van der Waals surface area contributed by atoms with Crippen molar-refractivity contribution in [2.45, 2.75) is 37.6 Å². The van der Waals surface area contributed by atoms with Gasteiger partial charge in [-0.2, -0.15) is 10.1 Å². The fourth-order valence-electron chi connectivity index (χ4n) is 3.84. The van der Waals surface area contributed by atoms with Crippen LogP contribution in [0, 0.1) is 17.5 Å². The molecule has 2 aliphatic rings. The van der Waals surface area contributed by atoms with Crippen LogP contribution in [0.3, 0.4) is 0 Å². The Morgan fingerprint density at radius 3 is 2.37 bits per heavy atom. The SMILES string of the molecule is CN(C)C(=O)CC1C2=NN(C(F)(F)F)CN2CCN1C(=O)C[C@H](N)Cc1cc(F)c(F)cc1F.Cl. The number of nitrogens with zero attached hydrogens (tertiary/aromatic N) is 5. The van der Waals surface area contributed by atoms with Crippen LogP contribution in [0.5, 0.6) is 0 Å². The van der Waals surface area contributed by atoms with Crippen LogP contribution in [0.25, 0.3) is 0 Å². The summed E-state index contributed by atoms with van der Waals surface area (Å²) in [6.07, 6.45) is -5.67. The summed E-state index contributed by atoms with van der Waals surface area (Å²) in [6.45, 7) is -0.486. The summed E-state index contributed by atoms with van der Waals surface area (Å²) in [5.74, 6) is -4.71. The number of halogens is 7. The average molecular weight is 531 g/mol. The summed E-state index contributed by atoms with van der Waals surface area (Å²) in [7, 11) is 2.94. The van der Waals surface area contributed by atoms with E-state index in [1.807, 2.05) is 0 Å². The Morgan fingerprint density at radius 1 is 1.14 bits per heavy atom. The molecule has 3 rings (SSSR count). The van der Waals surface area contributed by atoms with E-state index in [4.69, 9.17) is 5.73 Å². The maximum atomic E-state index is 13.9. The molecule has 1 aromatic rings. The van der Waals surface area contributed by atoms with E-state index < -0.39 is 54.3 Å².